The molecule has 0 saturated carbocycles. The molecule has 5 aromatic rings. The molecule has 2 aliphatic heterocycles. The van der Waals surface area contributed by atoms with Crippen molar-refractivity contribution in [3.8, 4) is 39.4 Å². The molecule has 252 valence electrons. The van der Waals surface area contributed by atoms with E-state index in [9.17, 15) is 14.7 Å². The largest absolute Gasteiger partial charge is 0.481 e. The van der Waals surface area contributed by atoms with Crippen molar-refractivity contribution in [3.05, 3.63) is 105 Å². The number of carbonyl (C=O) groups excluding carboxylic acids is 1. The van der Waals surface area contributed by atoms with E-state index in [4.69, 9.17) is 32.9 Å². The minimum Gasteiger partial charge on any atom is -0.481 e. The minimum atomic E-state index is -0.351. The highest BCUT2D eigenvalue weighted by Crippen LogP contribution is 2.42. The highest BCUT2D eigenvalue weighted by atomic mass is 35.5. The van der Waals surface area contributed by atoms with Crippen LogP contribution in [0.1, 0.15) is 30.4 Å². The fourth-order valence-electron chi connectivity index (χ4n) is 6.63. The second-order valence-electron chi connectivity index (χ2n) is 12.5. The van der Waals surface area contributed by atoms with Crippen molar-refractivity contribution in [2.45, 2.75) is 44.5 Å². The van der Waals surface area contributed by atoms with Crippen LogP contribution in [0.15, 0.2) is 77.9 Å². The second kappa shape index (κ2) is 14.3. The number of hydrogen-bond donors (Lipinski definition) is 3. The topological polar surface area (TPSA) is 121 Å². The van der Waals surface area contributed by atoms with Gasteiger partial charge in [0.2, 0.25) is 11.8 Å². The van der Waals surface area contributed by atoms with Gasteiger partial charge in [0.05, 0.1) is 34.5 Å². The number of hydrogen-bond acceptors (Lipinski definition) is 8. The van der Waals surface area contributed by atoms with Gasteiger partial charge >= 0.3 is 0 Å². The molecule has 0 aliphatic carbocycles. The monoisotopic (exact) mass is 698 g/mol. The summed E-state index contributed by atoms with van der Waals surface area (Å²) in [7, 11) is 1.59. The van der Waals surface area contributed by atoms with Crippen LogP contribution >= 0.6 is 23.2 Å². The summed E-state index contributed by atoms with van der Waals surface area (Å²) in [4.78, 5) is 36.2. The third-order valence-corrected chi connectivity index (χ3v) is 10.0. The summed E-state index contributed by atoms with van der Waals surface area (Å²) >= 11 is 14.2. The van der Waals surface area contributed by atoms with Crippen LogP contribution < -0.4 is 20.9 Å². The number of amides is 1. The number of ether oxygens (including phenoxy) is 1. The van der Waals surface area contributed by atoms with Crippen molar-refractivity contribution < 1.29 is 14.6 Å². The fraction of sp³-hybridized carbons (Fsp3) is 0.297. The van der Waals surface area contributed by atoms with Crippen LogP contribution in [0.2, 0.25) is 10.0 Å². The van der Waals surface area contributed by atoms with E-state index >= 15 is 0 Å². The number of aliphatic hydroxyl groups excluding tert-OH is 1. The van der Waals surface area contributed by atoms with E-state index in [1.165, 1.54) is 0 Å². The zero-order valence-electron chi connectivity index (χ0n) is 27.0. The third-order valence-electron chi connectivity index (χ3n) is 9.22. The number of pyridine rings is 2. The molecule has 12 heteroatoms. The van der Waals surface area contributed by atoms with Gasteiger partial charge in [-0.05, 0) is 36.6 Å². The Morgan fingerprint density at radius 3 is 2.45 bits per heavy atom. The van der Waals surface area contributed by atoms with Crippen molar-refractivity contribution in [3.63, 3.8) is 0 Å². The van der Waals surface area contributed by atoms with E-state index in [2.05, 4.69) is 20.5 Å². The highest BCUT2D eigenvalue weighted by Gasteiger charge is 2.23. The summed E-state index contributed by atoms with van der Waals surface area (Å²) in [5, 5.41) is 17.2. The number of benzene rings is 2. The number of likely N-dealkylation sites (tertiary alicyclic amines) is 1. The Kier molecular flexibility index (Phi) is 9.66. The lowest BCUT2D eigenvalue weighted by Gasteiger charge is -2.16. The van der Waals surface area contributed by atoms with Crippen LogP contribution in [0.3, 0.4) is 0 Å². The normalized spacial score (nSPS) is 17.9. The molecule has 0 bridgehead atoms. The van der Waals surface area contributed by atoms with Crippen molar-refractivity contribution >= 4 is 34.8 Å². The predicted octanol–water partition coefficient (Wildman–Crippen LogP) is 5.34. The molecule has 10 nitrogen and oxygen atoms in total. The summed E-state index contributed by atoms with van der Waals surface area (Å²) in [6.07, 6.45) is 5.11. The third kappa shape index (κ3) is 6.92. The highest BCUT2D eigenvalue weighted by molar-refractivity contribution is 6.39. The van der Waals surface area contributed by atoms with Crippen molar-refractivity contribution in [1.82, 2.24) is 29.9 Å². The van der Waals surface area contributed by atoms with E-state index in [1.54, 1.807) is 23.9 Å². The first-order valence-corrected chi connectivity index (χ1v) is 17.1. The number of halogens is 2. The SMILES string of the molecule is COc1nc(-c2cccc(-c3cccc(-c4ccn5c(=O)c(CN6CC[C@H](O)C6)cnc5c4)c3Cl)c2Cl)ccc1CNC[C@H]1CCC(=O)N1. The number of nitrogens with one attached hydrogen (secondary N) is 2. The Bertz CT molecular complexity index is 2100. The summed E-state index contributed by atoms with van der Waals surface area (Å²) in [6.45, 7) is 2.98. The molecule has 1 amide bonds. The average molecular weight is 700 g/mol. The Hall–Kier alpha value is -4.32. The summed E-state index contributed by atoms with van der Waals surface area (Å²) in [5.41, 5.74) is 6.36. The van der Waals surface area contributed by atoms with Gasteiger partial charge in [0.15, 0.2) is 0 Å². The lowest BCUT2D eigenvalue weighted by molar-refractivity contribution is -0.119. The molecule has 3 N–H and O–H groups in total. The van der Waals surface area contributed by atoms with E-state index < -0.39 is 0 Å². The number of methoxy groups -OCH3 is 1. The maximum Gasteiger partial charge on any atom is 0.262 e. The zero-order valence-corrected chi connectivity index (χ0v) is 28.5. The fourth-order valence-corrected chi connectivity index (χ4v) is 7.29. The molecule has 0 spiro atoms. The number of nitrogens with zero attached hydrogens (tertiary/aromatic N) is 4. The Labute approximate surface area is 293 Å². The maximum absolute atomic E-state index is 13.3. The molecule has 0 radical (unpaired) electrons. The molecule has 5 heterocycles. The van der Waals surface area contributed by atoms with E-state index in [0.29, 0.717) is 71.9 Å². The summed E-state index contributed by atoms with van der Waals surface area (Å²) in [6, 6.07) is 19.3. The molecule has 0 unspecified atom stereocenters. The minimum absolute atomic E-state index is 0.0944. The smallest absolute Gasteiger partial charge is 0.262 e. The van der Waals surface area contributed by atoms with Gasteiger partial charge in [-0.2, -0.15) is 0 Å². The van der Waals surface area contributed by atoms with Crippen LogP contribution in [0, 0.1) is 0 Å². The van der Waals surface area contributed by atoms with Gasteiger partial charge in [0.1, 0.15) is 5.65 Å². The van der Waals surface area contributed by atoms with Crippen molar-refractivity contribution in [1.29, 1.82) is 0 Å². The zero-order chi connectivity index (χ0) is 34.1. The lowest BCUT2D eigenvalue weighted by Crippen LogP contribution is -2.35. The molecule has 2 atom stereocenters. The quantitative estimate of drug-likeness (QED) is 0.179. The summed E-state index contributed by atoms with van der Waals surface area (Å²) in [5.74, 6) is 0.588. The molecule has 7 rings (SSSR count). The predicted molar refractivity (Wildman–Crippen MR) is 191 cm³/mol. The molecular formula is C37H36Cl2N6O4. The van der Waals surface area contributed by atoms with Gasteiger partial charge in [0.25, 0.3) is 5.56 Å². The standard InChI is InChI=1S/C37H36Cl2N6O4/c1-49-36-23(17-40-19-25-9-11-33(47)42-25)8-10-31(43-36)30-7-3-6-29(35(30)39)28-5-2-4-27(34(28)38)22-12-15-45-32(16-22)41-18-24(37(45)48)20-44-14-13-26(46)21-44/h2-8,10,12,15-16,18,25-26,40,46H,9,11,13-14,17,19-21H2,1H3,(H,42,47)/t25-,26+/m1/s1. The first-order chi connectivity index (χ1) is 23.8. The van der Waals surface area contributed by atoms with Gasteiger partial charge in [-0.1, -0.05) is 65.7 Å². The Balaban J connectivity index is 1.14. The lowest BCUT2D eigenvalue weighted by atomic mass is 9.97. The number of fused-ring (bicyclic) bond motifs is 1. The number of aromatic nitrogens is 3. The second-order valence-corrected chi connectivity index (χ2v) is 13.3. The average Bonchev–Trinajstić information content (AvgIpc) is 3.73. The number of aliphatic hydroxyl groups is 1. The van der Waals surface area contributed by atoms with Crippen LogP contribution in [-0.2, 0) is 17.9 Å². The van der Waals surface area contributed by atoms with E-state index in [1.807, 2.05) is 60.7 Å². The van der Waals surface area contributed by atoms with Gasteiger partial charge in [-0.3, -0.25) is 18.9 Å². The van der Waals surface area contributed by atoms with Gasteiger partial charge in [-0.25, -0.2) is 9.97 Å². The summed E-state index contributed by atoms with van der Waals surface area (Å²) < 4.78 is 7.18. The maximum atomic E-state index is 13.3. The molecular weight excluding hydrogens is 663 g/mol. The first-order valence-electron chi connectivity index (χ1n) is 16.3. The van der Waals surface area contributed by atoms with E-state index in [0.717, 1.165) is 46.3 Å². The molecule has 3 aromatic heterocycles. The molecule has 2 aliphatic rings. The number of carbonyl (C=O) groups is 1. The number of β-amino-alcohol motifs (C(OH)–C–C–N with tert-alkyl or cyclic N) is 1. The Morgan fingerprint density at radius 2 is 1.73 bits per heavy atom. The van der Waals surface area contributed by atoms with Crippen LogP contribution in [-0.4, -0.2) is 69.2 Å². The number of rotatable bonds is 10. The Morgan fingerprint density at radius 1 is 0.980 bits per heavy atom. The van der Waals surface area contributed by atoms with E-state index in [-0.39, 0.29) is 23.6 Å². The van der Waals surface area contributed by atoms with Gasteiger partial charge in [0, 0.05) is 85.4 Å². The van der Waals surface area contributed by atoms with Crippen LogP contribution in [0.25, 0.3) is 39.2 Å². The van der Waals surface area contributed by atoms with Gasteiger partial charge < -0.3 is 20.5 Å². The molecule has 2 aromatic carbocycles. The molecule has 2 fully saturated rings. The molecule has 2 saturated heterocycles. The molecule has 49 heavy (non-hydrogen) atoms. The van der Waals surface area contributed by atoms with Crippen molar-refractivity contribution in [2.75, 3.05) is 26.7 Å². The van der Waals surface area contributed by atoms with Crippen molar-refractivity contribution in [2.24, 2.45) is 0 Å². The van der Waals surface area contributed by atoms with Crippen LogP contribution in [0.4, 0.5) is 0 Å². The van der Waals surface area contributed by atoms with Gasteiger partial charge in [-0.15, -0.1) is 0 Å². The van der Waals surface area contributed by atoms with Crippen LogP contribution in [0.5, 0.6) is 5.88 Å². The first kappa shape index (κ1) is 33.2.